The number of piperidine rings is 1. The molecule has 38 heavy (non-hydrogen) atoms. The van der Waals surface area contributed by atoms with Gasteiger partial charge in [-0.25, -0.2) is 21.1 Å². The summed E-state index contributed by atoms with van der Waals surface area (Å²) in [6.07, 6.45) is 0.780. The fourth-order valence-electron chi connectivity index (χ4n) is 4.16. The van der Waals surface area contributed by atoms with E-state index in [2.05, 4.69) is 10.0 Å². The van der Waals surface area contributed by atoms with E-state index in [1.807, 2.05) is 0 Å². The minimum Gasteiger partial charge on any atom is -0.326 e. The van der Waals surface area contributed by atoms with Gasteiger partial charge in [0.2, 0.25) is 15.9 Å². The number of benzene rings is 3. The van der Waals surface area contributed by atoms with Gasteiger partial charge in [0.05, 0.1) is 16.3 Å². The van der Waals surface area contributed by atoms with Crippen LogP contribution in [0.15, 0.2) is 71.6 Å². The first-order valence-electron chi connectivity index (χ1n) is 11.9. The summed E-state index contributed by atoms with van der Waals surface area (Å²) >= 11 is 11.9. The van der Waals surface area contributed by atoms with E-state index in [1.165, 1.54) is 28.6 Å². The van der Waals surface area contributed by atoms with Crippen molar-refractivity contribution >= 4 is 60.5 Å². The number of hydrogen-bond acceptors (Lipinski definition) is 5. The maximum absolute atomic E-state index is 12.8. The molecule has 1 amide bonds. The van der Waals surface area contributed by atoms with Crippen LogP contribution in [0.4, 0.5) is 11.4 Å². The largest absolute Gasteiger partial charge is 0.326 e. The second-order valence-electron chi connectivity index (χ2n) is 9.09. The van der Waals surface area contributed by atoms with Crippen LogP contribution in [0, 0.1) is 12.8 Å². The lowest BCUT2D eigenvalue weighted by atomic mass is 9.97. The van der Waals surface area contributed by atoms with E-state index < -0.39 is 20.0 Å². The van der Waals surface area contributed by atoms with Crippen molar-refractivity contribution in [2.24, 2.45) is 5.92 Å². The van der Waals surface area contributed by atoms with Gasteiger partial charge in [-0.05, 0) is 79.4 Å². The van der Waals surface area contributed by atoms with Crippen LogP contribution in [0.2, 0.25) is 10.0 Å². The Bertz CT molecular complexity index is 1520. The van der Waals surface area contributed by atoms with Crippen molar-refractivity contribution in [2.45, 2.75) is 30.4 Å². The summed E-state index contributed by atoms with van der Waals surface area (Å²) in [6.45, 7) is 2.22. The highest BCUT2D eigenvalue weighted by Crippen LogP contribution is 2.27. The quantitative estimate of drug-likeness (QED) is 0.367. The number of nitrogens with one attached hydrogen (secondary N) is 2. The van der Waals surface area contributed by atoms with Crippen LogP contribution >= 0.6 is 23.2 Å². The van der Waals surface area contributed by atoms with Crippen LogP contribution in [0.25, 0.3) is 0 Å². The number of carbonyl (C=O) groups is 1. The van der Waals surface area contributed by atoms with E-state index in [9.17, 15) is 21.6 Å². The van der Waals surface area contributed by atoms with Crippen LogP contribution in [-0.2, 0) is 30.6 Å². The van der Waals surface area contributed by atoms with Crippen molar-refractivity contribution in [3.63, 3.8) is 0 Å². The molecule has 202 valence electrons. The topological polar surface area (TPSA) is 113 Å². The molecular weight excluding hydrogens is 569 g/mol. The summed E-state index contributed by atoms with van der Waals surface area (Å²) in [5.74, 6) is -0.710. The Labute approximate surface area is 233 Å². The number of hydrogen-bond donors (Lipinski definition) is 2. The highest BCUT2D eigenvalue weighted by atomic mass is 35.5. The van der Waals surface area contributed by atoms with Gasteiger partial charge in [-0.3, -0.25) is 9.52 Å². The van der Waals surface area contributed by atoms with Crippen LogP contribution in [0.3, 0.4) is 0 Å². The molecule has 2 N–H and O–H groups in total. The van der Waals surface area contributed by atoms with E-state index in [4.69, 9.17) is 23.2 Å². The zero-order chi connectivity index (χ0) is 27.5. The number of carbonyl (C=O) groups excluding carboxylic acids is 1. The maximum atomic E-state index is 12.8. The molecule has 12 heteroatoms. The van der Waals surface area contributed by atoms with Gasteiger partial charge in [0, 0.05) is 34.7 Å². The van der Waals surface area contributed by atoms with Gasteiger partial charge in [0.25, 0.3) is 10.0 Å². The summed E-state index contributed by atoms with van der Waals surface area (Å²) < 4.78 is 55.1. The van der Waals surface area contributed by atoms with Crippen molar-refractivity contribution in [1.82, 2.24) is 4.31 Å². The summed E-state index contributed by atoms with van der Waals surface area (Å²) in [6, 6.07) is 17.5. The fraction of sp³-hybridized carbons (Fsp3) is 0.269. The number of anilines is 2. The van der Waals surface area contributed by atoms with Crippen LogP contribution in [-0.4, -0.2) is 40.1 Å². The Morgan fingerprint density at radius 3 is 2.18 bits per heavy atom. The van der Waals surface area contributed by atoms with Gasteiger partial charge in [-0.2, -0.15) is 0 Å². The molecule has 1 saturated heterocycles. The first-order valence-corrected chi connectivity index (χ1v) is 15.7. The Hall–Kier alpha value is -2.63. The molecule has 1 fully saturated rings. The highest BCUT2D eigenvalue weighted by Gasteiger charge is 2.31. The standard InChI is InChI=1S/C26H27Cl2N3O5S2/c1-18-24(28)3-2-4-25(18)30-38(35,36)23-11-9-22(10-12-23)29-26(32)20-13-15-31(16-14-20)37(33,34)17-19-5-7-21(27)8-6-19/h2-12,20,30H,13-17H2,1H3,(H,29,32). The SMILES string of the molecule is Cc1c(Cl)cccc1NS(=O)(=O)c1ccc(NC(=O)C2CCN(S(=O)(=O)Cc3ccc(Cl)cc3)CC2)cc1. The second kappa shape index (κ2) is 11.6. The molecule has 0 unspecified atom stereocenters. The van der Waals surface area contributed by atoms with Gasteiger partial charge in [-0.1, -0.05) is 41.4 Å². The smallest absolute Gasteiger partial charge is 0.261 e. The Kier molecular flexibility index (Phi) is 8.68. The van der Waals surface area contributed by atoms with E-state index in [1.54, 1.807) is 49.4 Å². The number of rotatable bonds is 8. The lowest BCUT2D eigenvalue weighted by molar-refractivity contribution is -0.120. The van der Waals surface area contributed by atoms with Crippen LogP contribution in [0.5, 0.6) is 0 Å². The molecule has 0 aliphatic carbocycles. The maximum Gasteiger partial charge on any atom is 0.261 e. The van der Waals surface area contributed by atoms with Crippen molar-refractivity contribution in [3.05, 3.63) is 87.9 Å². The Balaban J connectivity index is 1.32. The Morgan fingerprint density at radius 1 is 0.921 bits per heavy atom. The third-order valence-electron chi connectivity index (χ3n) is 6.42. The van der Waals surface area contributed by atoms with E-state index >= 15 is 0 Å². The molecule has 0 radical (unpaired) electrons. The van der Waals surface area contributed by atoms with Gasteiger partial charge in [0.15, 0.2) is 0 Å². The van der Waals surface area contributed by atoms with Gasteiger partial charge >= 0.3 is 0 Å². The number of halogens is 2. The number of sulfonamides is 2. The monoisotopic (exact) mass is 595 g/mol. The molecular formula is C26H27Cl2N3O5S2. The molecule has 0 atom stereocenters. The molecule has 1 heterocycles. The normalized spacial score (nSPS) is 15.2. The summed E-state index contributed by atoms with van der Waals surface area (Å²) in [4.78, 5) is 12.8. The molecule has 0 spiro atoms. The van der Waals surface area contributed by atoms with Crippen molar-refractivity contribution in [1.29, 1.82) is 0 Å². The highest BCUT2D eigenvalue weighted by molar-refractivity contribution is 7.92. The average molecular weight is 597 g/mol. The lowest BCUT2D eigenvalue weighted by Gasteiger charge is -2.30. The molecule has 3 aromatic carbocycles. The minimum absolute atomic E-state index is 0.0362. The molecule has 1 aliphatic rings. The molecule has 3 aromatic rings. The Morgan fingerprint density at radius 2 is 1.55 bits per heavy atom. The minimum atomic E-state index is -3.85. The van der Waals surface area contributed by atoms with Crippen molar-refractivity contribution < 1.29 is 21.6 Å². The summed E-state index contributed by atoms with van der Waals surface area (Å²) in [5, 5.41) is 3.80. The predicted octanol–water partition coefficient (Wildman–Crippen LogP) is 5.28. The number of nitrogens with zero attached hydrogens (tertiary/aromatic N) is 1. The zero-order valence-electron chi connectivity index (χ0n) is 20.5. The predicted molar refractivity (Wildman–Crippen MR) is 150 cm³/mol. The van der Waals surface area contributed by atoms with Gasteiger partial charge < -0.3 is 5.32 Å². The summed E-state index contributed by atoms with van der Waals surface area (Å²) in [7, 11) is -7.37. The second-order valence-corrected chi connectivity index (χ2v) is 13.6. The van der Waals surface area contributed by atoms with E-state index in [-0.39, 0.29) is 35.6 Å². The first kappa shape index (κ1) is 28.4. The van der Waals surface area contributed by atoms with E-state index in [0.717, 1.165) is 0 Å². The molecule has 4 rings (SSSR count). The third-order valence-corrected chi connectivity index (χ3v) is 10.3. The zero-order valence-corrected chi connectivity index (χ0v) is 23.7. The first-order chi connectivity index (χ1) is 17.9. The van der Waals surface area contributed by atoms with Gasteiger partial charge in [-0.15, -0.1) is 0 Å². The van der Waals surface area contributed by atoms with Crippen LogP contribution in [0.1, 0.15) is 24.0 Å². The van der Waals surface area contributed by atoms with Gasteiger partial charge in [0.1, 0.15) is 0 Å². The fourth-order valence-corrected chi connectivity index (χ4v) is 7.15. The lowest BCUT2D eigenvalue weighted by Crippen LogP contribution is -2.41. The molecule has 0 bridgehead atoms. The van der Waals surface area contributed by atoms with Crippen LogP contribution < -0.4 is 10.0 Å². The van der Waals surface area contributed by atoms with Crippen molar-refractivity contribution in [2.75, 3.05) is 23.1 Å². The van der Waals surface area contributed by atoms with Crippen molar-refractivity contribution in [3.8, 4) is 0 Å². The van der Waals surface area contributed by atoms with E-state index in [0.29, 0.717) is 45.4 Å². The average Bonchev–Trinajstić information content (AvgIpc) is 2.88. The number of amides is 1. The third kappa shape index (κ3) is 6.86. The molecule has 0 aromatic heterocycles. The molecule has 1 aliphatic heterocycles. The molecule has 0 saturated carbocycles. The summed E-state index contributed by atoms with van der Waals surface area (Å²) in [5.41, 5.74) is 2.10. The molecule has 8 nitrogen and oxygen atoms in total.